The van der Waals surface area contributed by atoms with Gasteiger partial charge in [0.25, 0.3) is 0 Å². The molecule has 0 bridgehead atoms. The highest BCUT2D eigenvalue weighted by Gasteiger charge is 1.99. The molecule has 19 heavy (non-hydrogen) atoms. The van der Waals surface area contributed by atoms with Crippen LogP contribution in [-0.2, 0) is 12.3 Å². The lowest BCUT2D eigenvalue weighted by molar-refractivity contribution is 0.482. The van der Waals surface area contributed by atoms with Crippen LogP contribution in [0.25, 0.3) is 0 Å². The monoisotopic (exact) mass is 292 g/mol. The van der Waals surface area contributed by atoms with Gasteiger partial charge in [-0.2, -0.15) is 0 Å². The number of allylic oxidation sites excluding steroid dienone is 1. The van der Waals surface area contributed by atoms with E-state index < -0.39 is 0 Å². The van der Waals surface area contributed by atoms with E-state index in [-0.39, 0.29) is 0 Å². The summed E-state index contributed by atoms with van der Waals surface area (Å²) in [6, 6.07) is 15.5. The maximum atomic E-state index is 5.77. The Bertz CT molecular complexity index is 544. The zero-order valence-corrected chi connectivity index (χ0v) is 11.9. The van der Waals surface area contributed by atoms with Crippen LogP contribution in [0, 0.1) is 0 Å². The molecule has 0 N–H and O–H groups in total. The van der Waals surface area contributed by atoms with Gasteiger partial charge in [0.15, 0.2) is 0 Å². The van der Waals surface area contributed by atoms with E-state index >= 15 is 0 Å². The summed E-state index contributed by atoms with van der Waals surface area (Å²) >= 11 is 11.5. The van der Waals surface area contributed by atoms with E-state index in [0.29, 0.717) is 17.3 Å². The zero-order chi connectivity index (χ0) is 13.7. The van der Waals surface area contributed by atoms with Gasteiger partial charge in [-0.05, 0) is 35.4 Å². The normalized spacial score (nSPS) is 10.2. The second-order valence-corrected chi connectivity index (χ2v) is 5.02. The summed E-state index contributed by atoms with van der Waals surface area (Å²) in [7, 11) is 0. The molecule has 98 valence electrons. The number of hydrogen-bond donors (Lipinski definition) is 0. The van der Waals surface area contributed by atoms with E-state index in [1.807, 2.05) is 48.5 Å². The van der Waals surface area contributed by atoms with Crippen LogP contribution in [0.2, 0.25) is 0 Å². The van der Waals surface area contributed by atoms with Gasteiger partial charge in [0, 0.05) is 17.3 Å². The Morgan fingerprint density at radius 3 is 1.79 bits per heavy atom. The summed E-state index contributed by atoms with van der Waals surface area (Å²) in [5.74, 6) is 2.10. The first kappa shape index (κ1) is 14.0. The molecule has 0 fully saturated rings. The Labute approximate surface area is 123 Å². The Kier molecular flexibility index (Phi) is 4.89. The Hall–Kier alpha value is -1.44. The van der Waals surface area contributed by atoms with Gasteiger partial charge in [0.05, 0.1) is 0 Å². The highest BCUT2D eigenvalue weighted by atomic mass is 35.5. The fourth-order valence-corrected chi connectivity index (χ4v) is 2.01. The molecule has 0 atom stereocenters. The van der Waals surface area contributed by atoms with Gasteiger partial charge < -0.3 is 4.74 Å². The molecule has 0 aromatic heterocycles. The Balaban J connectivity index is 2.04. The number of benzene rings is 2. The largest absolute Gasteiger partial charge is 0.457 e. The average Bonchev–Trinajstić information content (AvgIpc) is 2.41. The molecule has 0 aliphatic carbocycles. The molecule has 2 aromatic carbocycles. The molecular weight excluding hydrogens is 279 g/mol. The number of alkyl halides is 1. The van der Waals surface area contributed by atoms with Crippen molar-refractivity contribution in [3.05, 3.63) is 71.3 Å². The molecule has 3 heteroatoms. The summed E-state index contributed by atoms with van der Waals surface area (Å²) < 4.78 is 5.74. The molecule has 0 spiro atoms. The molecular formula is C16H14Cl2O. The first-order chi connectivity index (χ1) is 9.17. The van der Waals surface area contributed by atoms with Gasteiger partial charge in [-0.3, -0.25) is 0 Å². The van der Waals surface area contributed by atoms with Crippen molar-refractivity contribution in [1.82, 2.24) is 0 Å². The molecule has 0 radical (unpaired) electrons. The second-order valence-electron chi connectivity index (χ2n) is 4.22. The van der Waals surface area contributed by atoms with E-state index in [1.165, 1.54) is 0 Å². The molecule has 0 saturated heterocycles. The molecule has 2 rings (SSSR count). The molecule has 0 aliphatic heterocycles. The van der Waals surface area contributed by atoms with Crippen LogP contribution in [0.3, 0.4) is 0 Å². The maximum absolute atomic E-state index is 5.77. The summed E-state index contributed by atoms with van der Waals surface area (Å²) in [4.78, 5) is 0. The quantitative estimate of drug-likeness (QED) is 0.660. The minimum atomic E-state index is 0.511. The van der Waals surface area contributed by atoms with Crippen LogP contribution >= 0.6 is 23.2 Å². The molecule has 0 unspecified atom stereocenters. The Morgan fingerprint density at radius 2 is 1.37 bits per heavy atom. The van der Waals surface area contributed by atoms with E-state index in [0.717, 1.165) is 22.6 Å². The highest BCUT2D eigenvalue weighted by molar-refractivity contribution is 6.29. The molecule has 1 nitrogen and oxygen atoms in total. The number of hydrogen-bond acceptors (Lipinski definition) is 1. The van der Waals surface area contributed by atoms with Gasteiger partial charge in [-0.15, -0.1) is 11.6 Å². The van der Waals surface area contributed by atoms with E-state index in [9.17, 15) is 0 Å². The fourth-order valence-electron chi connectivity index (χ4n) is 1.68. The van der Waals surface area contributed by atoms with Gasteiger partial charge in [-0.25, -0.2) is 0 Å². The lowest BCUT2D eigenvalue weighted by Crippen LogP contribution is -1.87. The SMILES string of the molecule is C=C(Cl)Cc1ccc(Oc2ccc(CCl)cc2)cc1. The first-order valence-electron chi connectivity index (χ1n) is 5.92. The van der Waals surface area contributed by atoms with E-state index in [4.69, 9.17) is 27.9 Å². The third-order valence-corrected chi connectivity index (χ3v) is 3.07. The van der Waals surface area contributed by atoms with Gasteiger partial charge in [-0.1, -0.05) is 42.4 Å². The minimum Gasteiger partial charge on any atom is -0.457 e. The third kappa shape index (κ3) is 4.30. The van der Waals surface area contributed by atoms with Crippen molar-refractivity contribution in [3.63, 3.8) is 0 Å². The fraction of sp³-hybridized carbons (Fsp3) is 0.125. The summed E-state index contributed by atoms with van der Waals surface area (Å²) in [6.07, 6.45) is 0.673. The number of ether oxygens (including phenoxy) is 1. The van der Waals surface area contributed by atoms with Crippen molar-refractivity contribution in [2.24, 2.45) is 0 Å². The maximum Gasteiger partial charge on any atom is 0.127 e. The van der Waals surface area contributed by atoms with Crippen molar-refractivity contribution in [2.75, 3.05) is 0 Å². The standard InChI is InChI=1S/C16H14Cl2O/c1-12(18)10-13-2-6-15(7-3-13)19-16-8-4-14(11-17)5-9-16/h2-9H,1,10-11H2. The molecule has 0 saturated carbocycles. The van der Waals surface area contributed by atoms with Crippen molar-refractivity contribution in [1.29, 1.82) is 0 Å². The van der Waals surface area contributed by atoms with Crippen LogP contribution in [0.4, 0.5) is 0 Å². The average molecular weight is 293 g/mol. The van der Waals surface area contributed by atoms with Crippen LogP contribution in [-0.4, -0.2) is 0 Å². The molecule has 0 aliphatic rings. The van der Waals surface area contributed by atoms with Crippen LogP contribution in [0.5, 0.6) is 11.5 Å². The lowest BCUT2D eigenvalue weighted by atomic mass is 10.1. The van der Waals surface area contributed by atoms with E-state index in [2.05, 4.69) is 6.58 Å². The van der Waals surface area contributed by atoms with Crippen molar-refractivity contribution < 1.29 is 4.74 Å². The second kappa shape index (κ2) is 6.65. The van der Waals surface area contributed by atoms with Gasteiger partial charge in [0.1, 0.15) is 11.5 Å². The lowest BCUT2D eigenvalue weighted by Gasteiger charge is -2.07. The van der Waals surface area contributed by atoms with Crippen molar-refractivity contribution in [2.45, 2.75) is 12.3 Å². The smallest absolute Gasteiger partial charge is 0.127 e. The van der Waals surface area contributed by atoms with Gasteiger partial charge in [0.2, 0.25) is 0 Å². The van der Waals surface area contributed by atoms with Crippen LogP contribution in [0.15, 0.2) is 60.1 Å². The van der Waals surface area contributed by atoms with Crippen LogP contribution < -0.4 is 4.74 Å². The van der Waals surface area contributed by atoms with E-state index in [1.54, 1.807) is 0 Å². The predicted molar refractivity (Wildman–Crippen MR) is 81.2 cm³/mol. The molecule has 2 aromatic rings. The summed E-state index contributed by atoms with van der Waals surface area (Å²) in [5.41, 5.74) is 2.19. The minimum absolute atomic E-state index is 0.511. The van der Waals surface area contributed by atoms with Gasteiger partial charge >= 0.3 is 0 Å². The topological polar surface area (TPSA) is 9.23 Å². The van der Waals surface area contributed by atoms with Crippen LogP contribution in [0.1, 0.15) is 11.1 Å². The third-order valence-electron chi connectivity index (χ3n) is 2.63. The first-order valence-corrected chi connectivity index (χ1v) is 6.83. The summed E-state index contributed by atoms with van der Waals surface area (Å²) in [5, 5.41) is 0.630. The molecule has 0 amide bonds. The predicted octanol–water partition coefficient (Wildman–Crippen LogP) is 5.51. The number of halogens is 2. The zero-order valence-electron chi connectivity index (χ0n) is 10.4. The Morgan fingerprint density at radius 1 is 0.895 bits per heavy atom. The van der Waals surface area contributed by atoms with Crippen molar-refractivity contribution >= 4 is 23.2 Å². The number of rotatable bonds is 5. The van der Waals surface area contributed by atoms with Crippen molar-refractivity contribution in [3.8, 4) is 11.5 Å². The molecule has 0 heterocycles. The summed E-state index contributed by atoms with van der Waals surface area (Å²) in [6.45, 7) is 3.68. The highest BCUT2D eigenvalue weighted by Crippen LogP contribution is 2.23.